The monoisotopic (exact) mass is 262 g/mol. The highest BCUT2D eigenvalue weighted by atomic mass is 16.5. The number of aryl methyl sites for hydroxylation is 2. The number of hydrogen-bond acceptors (Lipinski definition) is 2. The van der Waals surface area contributed by atoms with Crippen molar-refractivity contribution in [3.63, 3.8) is 0 Å². The lowest BCUT2D eigenvalue weighted by Crippen LogP contribution is -2.05. The molecule has 0 fully saturated rings. The van der Waals surface area contributed by atoms with Crippen LogP contribution in [0.3, 0.4) is 0 Å². The Hall–Kier alpha value is -1.31. The van der Waals surface area contributed by atoms with Gasteiger partial charge in [0.2, 0.25) is 0 Å². The Morgan fingerprint density at radius 2 is 1.58 bits per heavy atom. The van der Waals surface area contributed by atoms with Gasteiger partial charge in [-0.15, -0.1) is 0 Å². The molecule has 0 spiro atoms. The van der Waals surface area contributed by atoms with E-state index in [9.17, 15) is 4.79 Å². The highest BCUT2D eigenvalue weighted by Crippen LogP contribution is 2.10. The molecule has 1 rings (SSSR count). The van der Waals surface area contributed by atoms with Gasteiger partial charge in [-0.3, -0.25) is 4.79 Å². The van der Waals surface area contributed by atoms with Gasteiger partial charge >= 0.3 is 5.97 Å². The first-order chi connectivity index (χ1) is 9.26. The Labute approximate surface area is 117 Å². The molecule has 1 aromatic carbocycles. The summed E-state index contributed by atoms with van der Waals surface area (Å²) in [6.07, 6.45) is 6.71. The van der Waals surface area contributed by atoms with E-state index >= 15 is 0 Å². The van der Waals surface area contributed by atoms with E-state index in [-0.39, 0.29) is 5.97 Å². The van der Waals surface area contributed by atoms with Crippen LogP contribution in [0.5, 0.6) is 0 Å². The van der Waals surface area contributed by atoms with Crippen LogP contribution in [0.1, 0.15) is 57.1 Å². The van der Waals surface area contributed by atoms with E-state index in [2.05, 4.69) is 38.1 Å². The number of esters is 1. The molecule has 0 N–H and O–H groups in total. The van der Waals surface area contributed by atoms with Crippen LogP contribution in [0.2, 0.25) is 0 Å². The van der Waals surface area contributed by atoms with E-state index in [0.29, 0.717) is 13.0 Å². The van der Waals surface area contributed by atoms with Crippen LogP contribution in [-0.2, 0) is 22.4 Å². The second-order valence-electron chi connectivity index (χ2n) is 4.99. The van der Waals surface area contributed by atoms with Gasteiger partial charge in [-0.2, -0.15) is 0 Å². The molecule has 0 heterocycles. The van der Waals surface area contributed by atoms with Crippen molar-refractivity contribution in [2.45, 2.75) is 58.8 Å². The molecule has 0 aliphatic heterocycles. The van der Waals surface area contributed by atoms with E-state index < -0.39 is 0 Å². The fourth-order valence-electron chi connectivity index (χ4n) is 2.00. The third-order valence-electron chi connectivity index (χ3n) is 3.17. The number of rotatable bonds is 9. The smallest absolute Gasteiger partial charge is 0.305 e. The molecular formula is C17H26O2. The van der Waals surface area contributed by atoms with E-state index in [1.807, 2.05) is 0 Å². The summed E-state index contributed by atoms with van der Waals surface area (Å²) in [7, 11) is 0. The summed E-state index contributed by atoms with van der Waals surface area (Å²) in [5.41, 5.74) is 2.70. The topological polar surface area (TPSA) is 26.3 Å². The highest BCUT2D eigenvalue weighted by molar-refractivity contribution is 5.69. The lowest BCUT2D eigenvalue weighted by atomic mass is 10.0. The normalized spacial score (nSPS) is 10.4. The van der Waals surface area contributed by atoms with Crippen molar-refractivity contribution in [3.05, 3.63) is 35.4 Å². The largest absolute Gasteiger partial charge is 0.466 e. The molecule has 0 saturated heterocycles. The van der Waals surface area contributed by atoms with Crippen molar-refractivity contribution >= 4 is 5.97 Å². The quantitative estimate of drug-likeness (QED) is 0.490. The summed E-state index contributed by atoms with van der Waals surface area (Å²) in [6.45, 7) is 4.86. The Morgan fingerprint density at radius 1 is 0.947 bits per heavy atom. The van der Waals surface area contributed by atoms with Crippen LogP contribution in [0, 0.1) is 0 Å². The molecule has 0 radical (unpaired) electrons. The summed E-state index contributed by atoms with van der Waals surface area (Å²) in [6, 6.07) is 8.73. The van der Waals surface area contributed by atoms with Crippen molar-refractivity contribution < 1.29 is 9.53 Å². The third kappa shape index (κ3) is 7.00. The molecule has 0 aliphatic rings. The van der Waals surface area contributed by atoms with Crippen molar-refractivity contribution in [2.75, 3.05) is 6.61 Å². The molecule has 0 aliphatic carbocycles. The first-order valence-corrected chi connectivity index (χ1v) is 7.49. The van der Waals surface area contributed by atoms with E-state index in [0.717, 1.165) is 32.1 Å². The molecule has 2 heteroatoms. The second-order valence-corrected chi connectivity index (χ2v) is 4.99. The molecular weight excluding hydrogens is 236 g/mol. The Balaban J connectivity index is 2.19. The number of carbonyl (C=O) groups excluding carboxylic acids is 1. The number of carbonyl (C=O) groups is 1. The first kappa shape index (κ1) is 15.7. The zero-order valence-electron chi connectivity index (χ0n) is 12.3. The van der Waals surface area contributed by atoms with Crippen LogP contribution in [0.25, 0.3) is 0 Å². The highest BCUT2D eigenvalue weighted by Gasteiger charge is 2.02. The second kappa shape index (κ2) is 9.60. The average Bonchev–Trinajstić information content (AvgIpc) is 2.41. The Morgan fingerprint density at radius 3 is 2.16 bits per heavy atom. The molecule has 0 aromatic heterocycles. The molecule has 0 unspecified atom stereocenters. The third-order valence-corrected chi connectivity index (χ3v) is 3.17. The van der Waals surface area contributed by atoms with Gasteiger partial charge in [-0.25, -0.2) is 0 Å². The van der Waals surface area contributed by atoms with Crippen LogP contribution < -0.4 is 0 Å². The van der Waals surface area contributed by atoms with E-state index in [1.54, 1.807) is 0 Å². The molecule has 2 nitrogen and oxygen atoms in total. The van der Waals surface area contributed by atoms with E-state index in [1.165, 1.54) is 17.5 Å². The van der Waals surface area contributed by atoms with Crippen LogP contribution in [-0.4, -0.2) is 12.6 Å². The van der Waals surface area contributed by atoms with Gasteiger partial charge in [0.05, 0.1) is 6.61 Å². The zero-order chi connectivity index (χ0) is 13.9. The molecule has 19 heavy (non-hydrogen) atoms. The minimum Gasteiger partial charge on any atom is -0.466 e. The summed E-state index contributed by atoms with van der Waals surface area (Å²) < 4.78 is 5.13. The lowest BCUT2D eigenvalue weighted by Gasteiger charge is -2.05. The first-order valence-electron chi connectivity index (χ1n) is 7.49. The van der Waals surface area contributed by atoms with Crippen LogP contribution in [0.15, 0.2) is 24.3 Å². The van der Waals surface area contributed by atoms with Crippen molar-refractivity contribution in [1.82, 2.24) is 0 Å². The van der Waals surface area contributed by atoms with Crippen LogP contribution >= 0.6 is 0 Å². The maximum Gasteiger partial charge on any atom is 0.305 e. The molecule has 0 amide bonds. The van der Waals surface area contributed by atoms with Gasteiger partial charge in [-0.05, 0) is 36.8 Å². The minimum atomic E-state index is -0.0592. The molecule has 0 bridgehead atoms. The maximum absolute atomic E-state index is 11.4. The summed E-state index contributed by atoms with van der Waals surface area (Å²) in [5.74, 6) is -0.0592. The maximum atomic E-state index is 11.4. The molecule has 1 aromatic rings. The number of ether oxygens (including phenoxy) is 1. The fraction of sp³-hybridized carbons (Fsp3) is 0.588. The molecule has 0 saturated carbocycles. The standard InChI is InChI=1S/C17H26O2/c1-3-5-14-19-17(18)9-6-8-16-12-10-15(7-4-2)11-13-16/h10-13H,3-9,14H2,1-2H3. The summed E-state index contributed by atoms with van der Waals surface area (Å²) in [4.78, 5) is 11.4. The molecule has 0 atom stereocenters. The number of unbranched alkanes of at least 4 members (excludes halogenated alkanes) is 1. The zero-order valence-corrected chi connectivity index (χ0v) is 12.3. The van der Waals surface area contributed by atoms with Gasteiger partial charge in [0.25, 0.3) is 0 Å². The van der Waals surface area contributed by atoms with Gasteiger partial charge in [0, 0.05) is 6.42 Å². The van der Waals surface area contributed by atoms with Gasteiger partial charge < -0.3 is 4.74 Å². The van der Waals surface area contributed by atoms with Crippen molar-refractivity contribution in [3.8, 4) is 0 Å². The minimum absolute atomic E-state index is 0.0592. The SMILES string of the molecule is CCCCOC(=O)CCCc1ccc(CCC)cc1. The van der Waals surface area contributed by atoms with Crippen molar-refractivity contribution in [2.24, 2.45) is 0 Å². The van der Waals surface area contributed by atoms with E-state index in [4.69, 9.17) is 4.74 Å². The number of benzene rings is 1. The average molecular weight is 262 g/mol. The fourth-order valence-corrected chi connectivity index (χ4v) is 2.00. The lowest BCUT2D eigenvalue weighted by molar-refractivity contribution is -0.143. The predicted octanol–water partition coefficient (Wildman–Crippen LogP) is 4.31. The van der Waals surface area contributed by atoms with Gasteiger partial charge in [0.15, 0.2) is 0 Å². The predicted molar refractivity (Wildman–Crippen MR) is 79.2 cm³/mol. The summed E-state index contributed by atoms with van der Waals surface area (Å²) >= 11 is 0. The Bertz CT molecular complexity index is 354. The van der Waals surface area contributed by atoms with Crippen molar-refractivity contribution in [1.29, 1.82) is 0 Å². The van der Waals surface area contributed by atoms with Gasteiger partial charge in [0.1, 0.15) is 0 Å². The number of hydrogen-bond donors (Lipinski definition) is 0. The van der Waals surface area contributed by atoms with Crippen LogP contribution in [0.4, 0.5) is 0 Å². The molecule has 106 valence electrons. The van der Waals surface area contributed by atoms with Gasteiger partial charge in [-0.1, -0.05) is 51.0 Å². The Kier molecular flexibility index (Phi) is 7.95. The summed E-state index contributed by atoms with van der Waals surface area (Å²) in [5, 5.41) is 0.